The van der Waals surface area contributed by atoms with Gasteiger partial charge in [-0.25, -0.2) is 4.79 Å². The van der Waals surface area contributed by atoms with Crippen molar-refractivity contribution in [1.82, 2.24) is 0 Å². The van der Waals surface area contributed by atoms with E-state index in [0.717, 1.165) is 24.3 Å². The van der Waals surface area contributed by atoms with Gasteiger partial charge in [-0.3, -0.25) is 4.79 Å². The minimum atomic E-state index is -1.72. The van der Waals surface area contributed by atoms with Crippen molar-refractivity contribution in [2.24, 2.45) is 0 Å². The number of ether oxygens (including phenoxy) is 2. The van der Waals surface area contributed by atoms with Gasteiger partial charge in [0.2, 0.25) is 0 Å². The number of aromatic hydroxyl groups is 2. The molecule has 1 aliphatic heterocycles. The number of aliphatic hydroxyl groups excluding tert-OH is 3. The predicted molar refractivity (Wildman–Crippen MR) is 86.9 cm³/mol. The number of fused-ring (bicyclic) bond motifs is 1. The summed E-state index contributed by atoms with van der Waals surface area (Å²) in [5.41, 5.74) is -0.367. The molecular formula is C17H20O9. The highest BCUT2D eigenvalue weighted by Crippen LogP contribution is 2.34. The quantitative estimate of drug-likeness (QED) is 0.386. The maximum absolute atomic E-state index is 12.3. The molecule has 26 heavy (non-hydrogen) atoms. The van der Waals surface area contributed by atoms with E-state index in [1.165, 1.54) is 6.92 Å². The van der Waals surface area contributed by atoms with Gasteiger partial charge in [0.1, 0.15) is 41.1 Å². The third-order valence-corrected chi connectivity index (χ3v) is 3.83. The van der Waals surface area contributed by atoms with E-state index in [0.29, 0.717) is 0 Å². The number of phenolic OH excluding ortho intramolecular Hbond substituents is 2. The van der Waals surface area contributed by atoms with Crippen molar-refractivity contribution < 1.29 is 44.6 Å². The van der Waals surface area contributed by atoms with E-state index in [-0.39, 0.29) is 30.1 Å². The molecule has 5 N–H and O–H groups in total. The number of carbonyl (C=O) groups excluding carboxylic acids is 2. The molecule has 1 aromatic carbocycles. The Labute approximate surface area is 148 Å². The molecule has 0 radical (unpaired) electrons. The summed E-state index contributed by atoms with van der Waals surface area (Å²) in [6, 6.07) is 1.99. The van der Waals surface area contributed by atoms with E-state index in [9.17, 15) is 35.1 Å². The number of ketones is 1. The monoisotopic (exact) mass is 368 g/mol. The molecule has 0 fully saturated rings. The van der Waals surface area contributed by atoms with E-state index in [1.54, 1.807) is 0 Å². The predicted octanol–water partition coefficient (Wildman–Crippen LogP) is -0.366. The lowest BCUT2D eigenvalue weighted by Crippen LogP contribution is -2.35. The number of aliphatic hydroxyl groups is 3. The van der Waals surface area contributed by atoms with Gasteiger partial charge < -0.3 is 35.0 Å². The van der Waals surface area contributed by atoms with Crippen LogP contribution in [0.2, 0.25) is 0 Å². The van der Waals surface area contributed by atoms with Gasteiger partial charge in [0.25, 0.3) is 0 Å². The Morgan fingerprint density at radius 3 is 2.50 bits per heavy atom. The topological polar surface area (TPSA) is 154 Å². The highest BCUT2D eigenvalue weighted by molar-refractivity contribution is 5.96. The Morgan fingerprint density at radius 2 is 1.81 bits per heavy atom. The van der Waals surface area contributed by atoms with Gasteiger partial charge in [0.15, 0.2) is 5.78 Å². The Bertz CT molecular complexity index is 712. The van der Waals surface area contributed by atoms with Crippen molar-refractivity contribution in [1.29, 1.82) is 0 Å². The second kappa shape index (κ2) is 8.17. The minimum Gasteiger partial charge on any atom is -0.508 e. The first-order valence-corrected chi connectivity index (χ1v) is 7.86. The van der Waals surface area contributed by atoms with Crippen molar-refractivity contribution in [2.75, 3.05) is 6.61 Å². The Hall–Kier alpha value is -2.62. The van der Waals surface area contributed by atoms with Crippen molar-refractivity contribution in [3.63, 3.8) is 0 Å². The van der Waals surface area contributed by atoms with Crippen LogP contribution in [0.1, 0.15) is 23.7 Å². The molecule has 0 spiro atoms. The van der Waals surface area contributed by atoms with Crippen LogP contribution in [-0.4, -0.2) is 68.3 Å². The van der Waals surface area contributed by atoms with Crippen LogP contribution in [0.4, 0.5) is 0 Å². The van der Waals surface area contributed by atoms with Gasteiger partial charge in [0, 0.05) is 18.6 Å². The highest BCUT2D eigenvalue weighted by atomic mass is 16.6. The van der Waals surface area contributed by atoms with Crippen LogP contribution in [0.3, 0.4) is 0 Å². The summed E-state index contributed by atoms with van der Waals surface area (Å²) in [5.74, 6) is -3.02. The molecule has 4 atom stereocenters. The van der Waals surface area contributed by atoms with Gasteiger partial charge in [0.05, 0.1) is 12.7 Å². The molecule has 1 aliphatic rings. The second-order valence-electron chi connectivity index (χ2n) is 5.85. The molecule has 0 aromatic heterocycles. The first-order chi connectivity index (χ1) is 12.2. The van der Waals surface area contributed by atoms with Gasteiger partial charge >= 0.3 is 5.97 Å². The summed E-state index contributed by atoms with van der Waals surface area (Å²) >= 11 is 0. The molecule has 0 aliphatic carbocycles. The lowest BCUT2D eigenvalue weighted by molar-refractivity contribution is -0.128. The van der Waals surface area contributed by atoms with Gasteiger partial charge in [-0.15, -0.1) is 0 Å². The van der Waals surface area contributed by atoms with Crippen molar-refractivity contribution >= 4 is 11.8 Å². The van der Waals surface area contributed by atoms with E-state index < -0.39 is 41.9 Å². The normalized spacial score (nSPS) is 29.1. The lowest BCUT2D eigenvalue weighted by Gasteiger charge is -2.21. The molecule has 9 nitrogen and oxygen atoms in total. The van der Waals surface area contributed by atoms with Crippen LogP contribution in [-0.2, 0) is 9.53 Å². The van der Waals surface area contributed by atoms with Crippen LogP contribution in [0.15, 0.2) is 24.3 Å². The molecule has 1 heterocycles. The van der Waals surface area contributed by atoms with E-state index in [2.05, 4.69) is 0 Å². The molecule has 0 amide bonds. The fourth-order valence-electron chi connectivity index (χ4n) is 2.29. The molecule has 9 heteroatoms. The average molecular weight is 368 g/mol. The fraction of sp³-hybridized carbons (Fsp3) is 0.412. The largest absolute Gasteiger partial charge is 0.508 e. The van der Waals surface area contributed by atoms with Crippen molar-refractivity contribution in [3.8, 4) is 17.2 Å². The maximum atomic E-state index is 12.3. The number of phenols is 2. The lowest BCUT2D eigenvalue weighted by atomic mass is 10.1. The van der Waals surface area contributed by atoms with Crippen LogP contribution >= 0.6 is 0 Å². The fourth-order valence-corrected chi connectivity index (χ4v) is 2.29. The molecule has 1 aromatic rings. The molecular weight excluding hydrogens is 348 g/mol. The SMILES string of the molecule is C[C@H]1OC(=O)c2c(O)cc(O)cc2OCC[C@H](O)[C@H](O)C(=O)/C=C\[C@H]1O. The summed E-state index contributed by atoms with van der Waals surface area (Å²) in [6.07, 6.45) is -3.91. The number of rotatable bonds is 0. The van der Waals surface area contributed by atoms with Crippen LogP contribution < -0.4 is 4.74 Å². The smallest absolute Gasteiger partial charge is 0.346 e. The summed E-state index contributed by atoms with van der Waals surface area (Å²) in [7, 11) is 0. The Balaban J connectivity index is 2.39. The molecule has 0 saturated carbocycles. The first kappa shape index (κ1) is 19.7. The molecule has 2 rings (SSSR count). The number of cyclic esters (lactones) is 1. The Morgan fingerprint density at radius 1 is 1.12 bits per heavy atom. The molecule has 142 valence electrons. The number of hydrogen-bond donors (Lipinski definition) is 5. The zero-order valence-corrected chi connectivity index (χ0v) is 13.9. The van der Waals surface area contributed by atoms with Crippen LogP contribution in [0.5, 0.6) is 17.2 Å². The van der Waals surface area contributed by atoms with E-state index in [1.807, 2.05) is 0 Å². The number of carbonyl (C=O) groups is 2. The van der Waals surface area contributed by atoms with Gasteiger partial charge in [-0.2, -0.15) is 0 Å². The summed E-state index contributed by atoms with van der Waals surface area (Å²) < 4.78 is 10.3. The third-order valence-electron chi connectivity index (χ3n) is 3.83. The van der Waals surface area contributed by atoms with E-state index >= 15 is 0 Å². The molecule has 0 bridgehead atoms. The number of esters is 1. The summed E-state index contributed by atoms with van der Waals surface area (Å²) in [6.45, 7) is 1.13. The molecule has 0 saturated heterocycles. The van der Waals surface area contributed by atoms with Gasteiger partial charge in [-0.1, -0.05) is 0 Å². The van der Waals surface area contributed by atoms with Crippen LogP contribution in [0, 0.1) is 0 Å². The summed E-state index contributed by atoms with van der Waals surface area (Å²) in [5, 5.41) is 49.1. The van der Waals surface area contributed by atoms with E-state index in [4.69, 9.17) is 9.47 Å². The first-order valence-electron chi connectivity index (χ1n) is 7.86. The van der Waals surface area contributed by atoms with Crippen molar-refractivity contribution in [2.45, 2.75) is 37.8 Å². The van der Waals surface area contributed by atoms with Crippen molar-refractivity contribution in [3.05, 3.63) is 29.8 Å². The number of hydrogen-bond acceptors (Lipinski definition) is 9. The zero-order chi connectivity index (χ0) is 19.4. The average Bonchev–Trinajstić information content (AvgIpc) is 2.56. The second-order valence-corrected chi connectivity index (χ2v) is 5.85. The highest BCUT2D eigenvalue weighted by Gasteiger charge is 2.27. The van der Waals surface area contributed by atoms with Gasteiger partial charge in [-0.05, 0) is 19.1 Å². The third kappa shape index (κ3) is 4.51. The Kier molecular flexibility index (Phi) is 6.19. The number of benzene rings is 1. The van der Waals surface area contributed by atoms with Crippen LogP contribution in [0.25, 0.3) is 0 Å². The molecule has 0 unspecified atom stereocenters. The minimum absolute atomic E-state index is 0.176. The zero-order valence-electron chi connectivity index (χ0n) is 13.9. The standard InChI is InChI=1S/C17H20O9/c1-8-10(19)2-3-11(20)16(23)12(21)4-5-25-14-7-9(18)6-13(22)15(14)17(24)26-8/h2-3,6-8,10,12,16,18-19,21-23H,4-5H2,1H3/b3-2-/t8-,10-,12+,16-/m1/s1. The summed E-state index contributed by atoms with van der Waals surface area (Å²) in [4.78, 5) is 24.1. The maximum Gasteiger partial charge on any atom is 0.346 e.